The van der Waals surface area contributed by atoms with Crippen molar-refractivity contribution in [1.29, 1.82) is 0 Å². The highest BCUT2D eigenvalue weighted by Gasteiger charge is 2.41. The summed E-state index contributed by atoms with van der Waals surface area (Å²) in [7, 11) is 0. The number of aliphatic hydroxyl groups excluding tert-OH is 1. The second kappa shape index (κ2) is 15.1. The van der Waals surface area contributed by atoms with Gasteiger partial charge in [-0.05, 0) is 46.9 Å². The molecule has 6 rings (SSSR count). The van der Waals surface area contributed by atoms with Crippen molar-refractivity contribution < 1.29 is 38.4 Å². The van der Waals surface area contributed by atoms with Crippen LogP contribution >= 0.6 is 0 Å². The predicted octanol–water partition coefficient (Wildman–Crippen LogP) is 4.80. The zero-order chi connectivity index (χ0) is 32.8. The second-order valence-electron chi connectivity index (χ2n) is 12.6. The number of carbonyl (C=O) groups excluding carboxylic acids is 2. The van der Waals surface area contributed by atoms with E-state index in [4.69, 9.17) is 23.7 Å². The van der Waals surface area contributed by atoms with E-state index in [-0.39, 0.29) is 24.7 Å². The van der Waals surface area contributed by atoms with Crippen LogP contribution in [0.4, 0.5) is 0 Å². The summed E-state index contributed by atoms with van der Waals surface area (Å²) in [6, 6.07) is 24.1. The van der Waals surface area contributed by atoms with E-state index in [2.05, 4.69) is 16.3 Å². The molecule has 4 atom stereocenters. The first-order chi connectivity index (χ1) is 22.8. The summed E-state index contributed by atoms with van der Waals surface area (Å²) in [6.45, 7) is 7.02. The van der Waals surface area contributed by atoms with Crippen molar-refractivity contribution in [3.63, 3.8) is 0 Å². The molecule has 3 fully saturated rings. The lowest BCUT2D eigenvalue weighted by molar-refractivity contribution is -0.255. The van der Waals surface area contributed by atoms with Crippen molar-refractivity contribution in [3.05, 3.63) is 95.1 Å². The topological polar surface area (TPSA) is 116 Å². The Kier molecular flexibility index (Phi) is 10.7. The third kappa shape index (κ3) is 8.45. The maximum atomic E-state index is 12.4. The molecule has 3 aromatic rings. The van der Waals surface area contributed by atoms with Crippen LogP contribution in [0.2, 0.25) is 0 Å². The number of likely N-dealkylation sites (tertiary alicyclic amines) is 1. The van der Waals surface area contributed by atoms with Gasteiger partial charge in [-0.1, -0.05) is 60.7 Å². The molecule has 3 aliphatic heterocycles. The Morgan fingerprint density at radius 3 is 2.34 bits per heavy atom. The first-order valence-electron chi connectivity index (χ1n) is 16.4. The van der Waals surface area contributed by atoms with Crippen LogP contribution in [0, 0.1) is 0 Å². The van der Waals surface area contributed by atoms with Gasteiger partial charge in [-0.2, -0.15) is 0 Å². The summed E-state index contributed by atoms with van der Waals surface area (Å²) in [6.07, 6.45) is 0.759. The van der Waals surface area contributed by atoms with Crippen LogP contribution < -0.4 is 5.32 Å². The van der Waals surface area contributed by atoms with Crippen molar-refractivity contribution in [3.8, 4) is 11.1 Å². The normalized spacial score (nSPS) is 23.3. The van der Waals surface area contributed by atoms with E-state index in [0.29, 0.717) is 26.2 Å². The molecule has 3 saturated heterocycles. The number of aliphatic hydroxyl groups is 1. The third-order valence-electron chi connectivity index (χ3n) is 9.11. The number of piperidine rings is 1. The number of benzene rings is 3. The zero-order valence-corrected chi connectivity index (χ0v) is 27.1. The molecule has 0 aliphatic carbocycles. The van der Waals surface area contributed by atoms with Gasteiger partial charge in [0.15, 0.2) is 18.2 Å². The summed E-state index contributed by atoms with van der Waals surface area (Å²) >= 11 is 0. The molecule has 0 unspecified atom stereocenters. The van der Waals surface area contributed by atoms with Crippen LogP contribution in [0.5, 0.6) is 0 Å². The monoisotopic (exact) mass is 644 g/mol. The molecule has 3 aromatic carbocycles. The fourth-order valence-electron chi connectivity index (χ4n) is 6.54. The average Bonchev–Trinajstić information content (AvgIpc) is 3.56. The summed E-state index contributed by atoms with van der Waals surface area (Å²) in [5.41, 5.74) is 5.75. The third-order valence-corrected chi connectivity index (χ3v) is 9.11. The number of amides is 1. The lowest BCUT2D eigenvalue weighted by Gasteiger charge is -2.41. The zero-order valence-electron chi connectivity index (χ0n) is 27.1. The molecule has 0 bridgehead atoms. The first kappa shape index (κ1) is 33.3. The van der Waals surface area contributed by atoms with Crippen LogP contribution in [-0.4, -0.2) is 72.7 Å². The maximum absolute atomic E-state index is 12.4. The lowest BCUT2D eigenvalue weighted by Crippen LogP contribution is -2.48. The smallest absolute Gasteiger partial charge is 0.303 e. The van der Waals surface area contributed by atoms with Gasteiger partial charge in [0.05, 0.1) is 32.0 Å². The van der Waals surface area contributed by atoms with Crippen molar-refractivity contribution >= 4 is 11.9 Å². The van der Waals surface area contributed by atoms with Gasteiger partial charge in [-0.3, -0.25) is 9.59 Å². The number of hydrogen-bond donors (Lipinski definition) is 2. The highest BCUT2D eigenvalue weighted by Crippen LogP contribution is 2.40. The highest BCUT2D eigenvalue weighted by molar-refractivity contribution is 5.82. The van der Waals surface area contributed by atoms with Crippen molar-refractivity contribution in [2.24, 2.45) is 0 Å². The van der Waals surface area contributed by atoms with E-state index in [1.54, 1.807) is 6.92 Å². The number of nitrogens with one attached hydrogen (secondary N) is 1. The van der Waals surface area contributed by atoms with E-state index in [0.717, 1.165) is 65.9 Å². The summed E-state index contributed by atoms with van der Waals surface area (Å²) in [5, 5.41) is 12.4. The number of nitrogens with zero attached hydrogens (tertiary/aromatic N) is 1. The van der Waals surface area contributed by atoms with Crippen molar-refractivity contribution in [1.82, 2.24) is 10.2 Å². The van der Waals surface area contributed by atoms with Crippen LogP contribution in [0.1, 0.15) is 67.8 Å². The predicted molar refractivity (Wildman–Crippen MR) is 174 cm³/mol. The standard InChI is InChI=1S/C37H44N2O8/c1-25(45-26(2)41)35(42)38-22-28-5-3-6-30(19-28)31-7-4-8-32(20-31)36-46-33(21-34(47-36)29-11-9-27(24-40)10-12-29)23-39-15-13-37(14-16-39)43-17-18-44-37/h3-12,19-20,25,33-34,36,40H,13-18,21-24H2,1-2H3,(H,38,42)/t25-,33+,34-,36-/m0/s1. The summed E-state index contributed by atoms with van der Waals surface area (Å²) < 4.78 is 30.2. The van der Waals surface area contributed by atoms with E-state index in [1.807, 2.05) is 66.7 Å². The number of ether oxygens (including phenoxy) is 5. The Bertz CT molecular complexity index is 1510. The number of hydrogen-bond acceptors (Lipinski definition) is 9. The van der Waals surface area contributed by atoms with Crippen LogP contribution in [0.15, 0.2) is 72.8 Å². The quantitative estimate of drug-likeness (QED) is 0.301. The molecular weight excluding hydrogens is 600 g/mol. The minimum Gasteiger partial charge on any atom is -0.453 e. The van der Waals surface area contributed by atoms with Gasteiger partial charge in [0.25, 0.3) is 5.91 Å². The van der Waals surface area contributed by atoms with Crippen LogP contribution in [0.25, 0.3) is 11.1 Å². The average molecular weight is 645 g/mol. The maximum Gasteiger partial charge on any atom is 0.303 e. The molecule has 3 heterocycles. The largest absolute Gasteiger partial charge is 0.453 e. The highest BCUT2D eigenvalue weighted by atomic mass is 16.7. The molecule has 3 aliphatic rings. The minimum absolute atomic E-state index is 0.00217. The molecule has 10 heteroatoms. The van der Waals surface area contributed by atoms with Crippen LogP contribution in [-0.2, 0) is 46.4 Å². The number of esters is 1. The van der Waals surface area contributed by atoms with Gasteiger partial charge in [0.2, 0.25) is 0 Å². The van der Waals surface area contributed by atoms with Crippen LogP contribution in [0.3, 0.4) is 0 Å². The lowest BCUT2D eigenvalue weighted by atomic mass is 9.97. The van der Waals surface area contributed by atoms with Gasteiger partial charge < -0.3 is 39.0 Å². The Morgan fingerprint density at radius 1 is 0.936 bits per heavy atom. The first-order valence-corrected chi connectivity index (χ1v) is 16.4. The molecule has 1 amide bonds. The van der Waals surface area contributed by atoms with Gasteiger partial charge >= 0.3 is 5.97 Å². The Hall–Kier alpha value is -3.64. The van der Waals surface area contributed by atoms with E-state index in [9.17, 15) is 14.7 Å². The minimum atomic E-state index is -0.856. The molecular formula is C37H44N2O8. The van der Waals surface area contributed by atoms with E-state index >= 15 is 0 Å². The molecule has 250 valence electrons. The fourth-order valence-corrected chi connectivity index (χ4v) is 6.54. The number of rotatable bonds is 10. The molecule has 1 spiro atoms. The fraction of sp³-hybridized carbons (Fsp3) is 0.459. The van der Waals surface area contributed by atoms with Gasteiger partial charge in [-0.25, -0.2) is 0 Å². The Labute approximate surface area is 275 Å². The Balaban J connectivity index is 1.17. The molecule has 0 aromatic heterocycles. The molecule has 0 radical (unpaired) electrons. The van der Waals surface area contributed by atoms with Gasteiger partial charge in [0, 0.05) is 57.9 Å². The molecule has 10 nitrogen and oxygen atoms in total. The molecule has 2 N–H and O–H groups in total. The molecule has 0 saturated carbocycles. The van der Waals surface area contributed by atoms with Crippen molar-refractivity contribution in [2.45, 2.75) is 76.7 Å². The van der Waals surface area contributed by atoms with Crippen molar-refractivity contribution in [2.75, 3.05) is 32.8 Å². The number of carbonyl (C=O) groups is 2. The summed E-state index contributed by atoms with van der Waals surface area (Å²) in [5.74, 6) is -1.26. The second-order valence-corrected chi connectivity index (χ2v) is 12.6. The Morgan fingerprint density at radius 2 is 1.64 bits per heavy atom. The SMILES string of the molecule is CC(=O)O[C@@H](C)C(=O)NCc1cccc(-c2cccc([C@H]3O[C@@H](CN4CCC5(CC4)OCCO5)C[C@@H](c4ccc(CO)cc4)O3)c2)c1. The molecule has 47 heavy (non-hydrogen) atoms. The van der Waals surface area contributed by atoms with E-state index < -0.39 is 24.2 Å². The van der Waals surface area contributed by atoms with Gasteiger partial charge in [-0.15, -0.1) is 0 Å². The van der Waals surface area contributed by atoms with Gasteiger partial charge in [0.1, 0.15) is 0 Å². The summed E-state index contributed by atoms with van der Waals surface area (Å²) in [4.78, 5) is 26.0. The van der Waals surface area contributed by atoms with E-state index in [1.165, 1.54) is 6.92 Å².